The van der Waals surface area contributed by atoms with E-state index in [4.69, 9.17) is 5.14 Å². The van der Waals surface area contributed by atoms with E-state index in [1.54, 1.807) is 18.2 Å². The molecule has 0 saturated heterocycles. The second kappa shape index (κ2) is 10.7. The highest BCUT2D eigenvalue weighted by Gasteiger charge is 2.35. The summed E-state index contributed by atoms with van der Waals surface area (Å²) in [6.07, 6.45) is 2.63. The summed E-state index contributed by atoms with van der Waals surface area (Å²) in [6.45, 7) is 1.59. The number of rotatable bonds is 9. The molecule has 0 bridgehead atoms. The van der Waals surface area contributed by atoms with Crippen LogP contribution in [0.5, 0.6) is 0 Å². The van der Waals surface area contributed by atoms with Crippen molar-refractivity contribution in [3.63, 3.8) is 0 Å². The van der Waals surface area contributed by atoms with Gasteiger partial charge < -0.3 is 15.0 Å². The summed E-state index contributed by atoms with van der Waals surface area (Å²) < 4.78 is 39.7. The van der Waals surface area contributed by atoms with E-state index in [0.29, 0.717) is 33.3 Å². The highest BCUT2D eigenvalue weighted by atomic mass is 32.2. The van der Waals surface area contributed by atoms with E-state index in [0.717, 1.165) is 4.88 Å². The minimum Gasteiger partial charge on any atom is -0.606 e. The van der Waals surface area contributed by atoms with Crippen molar-refractivity contribution in [3.05, 3.63) is 64.2 Å². The Balaban J connectivity index is 1.50. The van der Waals surface area contributed by atoms with Crippen molar-refractivity contribution in [1.82, 2.24) is 9.97 Å². The molecule has 2 aromatic heterocycles. The van der Waals surface area contributed by atoms with Gasteiger partial charge in [-0.05, 0) is 31.9 Å². The van der Waals surface area contributed by atoms with Crippen molar-refractivity contribution in [2.75, 3.05) is 11.9 Å². The van der Waals surface area contributed by atoms with E-state index in [1.165, 1.54) is 23.9 Å². The zero-order chi connectivity index (χ0) is 25.2. The van der Waals surface area contributed by atoms with Crippen LogP contribution in [0.1, 0.15) is 33.0 Å². The summed E-state index contributed by atoms with van der Waals surface area (Å²) in [5, 5.41) is 18.3. The summed E-state index contributed by atoms with van der Waals surface area (Å²) in [4.78, 5) is 24.0. The Bertz CT molecular complexity index is 1300. The van der Waals surface area contributed by atoms with Gasteiger partial charge in [-0.25, -0.2) is 15.1 Å². The molecule has 1 saturated carbocycles. The average molecular weight is 537 g/mol. The molecule has 3 aromatic rings. The van der Waals surface area contributed by atoms with Gasteiger partial charge in [-0.3, -0.25) is 8.98 Å². The van der Waals surface area contributed by atoms with E-state index < -0.39 is 33.5 Å². The van der Waals surface area contributed by atoms with Gasteiger partial charge >= 0.3 is 10.3 Å². The van der Waals surface area contributed by atoms with Gasteiger partial charge in [0.1, 0.15) is 12.1 Å². The minimum absolute atomic E-state index is 0.233. The van der Waals surface area contributed by atoms with Crippen molar-refractivity contribution >= 4 is 44.4 Å². The van der Waals surface area contributed by atoms with Gasteiger partial charge in [-0.1, -0.05) is 18.2 Å². The van der Waals surface area contributed by atoms with Crippen molar-refractivity contribution < 1.29 is 27.1 Å². The molecule has 186 valence electrons. The Morgan fingerprint density at radius 2 is 2.09 bits per heavy atom. The third kappa shape index (κ3) is 6.25. The molecule has 4 N–H and O–H groups in total. The second-order valence-electron chi connectivity index (χ2n) is 8.14. The Morgan fingerprint density at radius 3 is 2.80 bits per heavy atom. The SMILES string of the molecule is Cc1sc(C(=O)c2cncnc2NC2C[C@H](COS(N)(=O)=O)[C@@H](O)C2)cc1[S+]([O-])c1ccccc1. The van der Waals surface area contributed by atoms with Gasteiger partial charge in [0.2, 0.25) is 5.78 Å². The summed E-state index contributed by atoms with van der Waals surface area (Å²) in [6, 6.07) is 10.4. The molecule has 13 heteroatoms. The van der Waals surface area contributed by atoms with Gasteiger partial charge in [0.15, 0.2) is 9.79 Å². The first-order chi connectivity index (χ1) is 16.6. The van der Waals surface area contributed by atoms with Crippen LogP contribution in [0.15, 0.2) is 58.7 Å². The number of nitrogens with zero attached hydrogens (tertiary/aromatic N) is 2. The first-order valence-corrected chi connectivity index (χ1v) is 14.1. The Morgan fingerprint density at radius 1 is 1.34 bits per heavy atom. The lowest BCUT2D eigenvalue weighted by Gasteiger charge is -2.15. The highest BCUT2D eigenvalue weighted by molar-refractivity contribution is 7.91. The lowest BCUT2D eigenvalue weighted by atomic mass is 10.1. The molecule has 1 aliphatic carbocycles. The third-order valence-corrected chi connectivity index (χ3v) is 8.82. The summed E-state index contributed by atoms with van der Waals surface area (Å²) in [5.41, 5.74) is 0.240. The number of aliphatic hydroxyl groups is 1. The Hall–Kier alpha value is -2.39. The third-order valence-electron chi connectivity index (χ3n) is 5.65. The van der Waals surface area contributed by atoms with Gasteiger partial charge in [-0.2, -0.15) is 8.42 Å². The number of carbonyl (C=O) groups is 1. The van der Waals surface area contributed by atoms with Gasteiger partial charge in [0, 0.05) is 35.4 Å². The molecular formula is C22H24N4O6S3. The lowest BCUT2D eigenvalue weighted by Crippen LogP contribution is -2.24. The standard InChI is InChI=1S/C22H24N4O6S3/c1-13-20(34(29)16-5-3-2-4-6-16)9-19(33-13)21(28)17-10-24-12-25-22(17)26-15-7-14(18(27)8-15)11-32-35(23,30)31/h2-6,9-10,12,14-15,18,27H,7-8,11H2,1H3,(H2,23,30,31)(H,24,25,26)/t14-,15?,18+,34?/m1/s1. The monoisotopic (exact) mass is 536 g/mol. The van der Waals surface area contributed by atoms with Crippen LogP contribution in [0, 0.1) is 12.8 Å². The second-order valence-corrected chi connectivity index (χ2v) is 12.1. The van der Waals surface area contributed by atoms with Crippen LogP contribution >= 0.6 is 11.3 Å². The van der Waals surface area contributed by atoms with Crippen LogP contribution in [-0.4, -0.2) is 52.6 Å². The smallest absolute Gasteiger partial charge is 0.333 e. The molecule has 0 spiro atoms. The van der Waals surface area contributed by atoms with Gasteiger partial charge in [0.05, 0.1) is 28.0 Å². The predicted octanol–water partition coefficient (Wildman–Crippen LogP) is 2.02. The lowest BCUT2D eigenvalue weighted by molar-refractivity contribution is 0.101. The van der Waals surface area contributed by atoms with Crippen LogP contribution in [0.3, 0.4) is 0 Å². The molecule has 1 aliphatic rings. The number of hydrogen-bond donors (Lipinski definition) is 3. The molecule has 2 heterocycles. The number of anilines is 1. The van der Waals surface area contributed by atoms with Gasteiger partial charge in [-0.15, -0.1) is 11.3 Å². The summed E-state index contributed by atoms with van der Waals surface area (Å²) in [7, 11) is -4.10. The number of nitrogens with two attached hydrogens (primary N) is 1. The van der Waals surface area contributed by atoms with Crippen LogP contribution < -0.4 is 10.5 Å². The number of aryl methyl sites for hydroxylation is 1. The number of hydrogen-bond acceptors (Lipinski definition) is 10. The Labute approximate surface area is 210 Å². The quantitative estimate of drug-likeness (QED) is 0.274. The molecular weight excluding hydrogens is 512 g/mol. The normalized spacial score (nSPS) is 21.1. The molecule has 4 rings (SSSR count). The van der Waals surface area contributed by atoms with Crippen molar-refractivity contribution in [2.45, 2.75) is 41.7 Å². The molecule has 10 nitrogen and oxygen atoms in total. The van der Waals surface area contributed by atoms with E-state index in [1.807, 2.05) is 25.1 Å². The van der Waals surface area contributed by atoms with E-state index in [-0.39, 0.29) is 24.0 Å². The topological polar surface area (TPSA) is 168 Å². The van der Waals surface area contributed by atoms with Crippen LogP contribution in [-0.2, 0) is 25.7 Å². The predicted molar refractivity (Wildman–Crippen MR) is 131 cm³/mol. The number of ketones is 1. The largest absolute Gasteiger partial charge is 0.606 e. The molecule has 0 aliphatic heterocycles. The number of carbonyl (C=O) groups excluding carboxylic acids is 1. The van der Waals surface area contributed by atoms with E-state index in [2.05, 4.69) is 19.5 Å². The fraction of sp³-hybridized carbons (Fsp3) is 0.318. The van der Waals surface area contributed by atoms with Crippen molar-refractivity contribution in [2.24, 2.45) is 11.1 Å². The maximum absolute atomic E-state index is 13.3. The molecule has 4 atom stereocenters. The van der Waals surface area contributed by atoms with Crippen LogP contribution in [0.4, 0.5) is 5.82 Å². The molecule has 1 fully saturated rings. The maximum atomic E-state index is 13.3. The zero-order valence-corrected chi connectivity index (χ0v) is 21.1. The minimum atomic E-state index is -4.10. The van der Waals surface area contributed by atoms with Crippen LogP contribution in [0.25, 0.3) is 0 Å². The highest BCUT2D eigenvalue weighted by Crippen LogP contribution is 2.33. The molecule has 0 amide bonds. The van der Waals surface area contributed by atoms with Crippen molar-refractivity contribution in [1.29, 1.82) is 0 Å². The first-order valence-electron chi connectivity index (χ1n) is 10.7. The Kier molecular flexibility index (Phi) is 7.86. The number of nitrogens with one attached hydrogen (secondary N) is 1. The number of aliphatic hydroxyl groups excluding tert-OH is 1. The molecule has 1 aromatic carbocycles. The molecule has 35 heavy (non-hydrogen) atoms. The average Bonchev–Trinajstić information content (AvgIpc) is 3.39. The zero-order valence-electron chi connectivity index (χ0n) is 18.7. The number of thiophene rings is 1. The molecule has 0 radical (unpaired) electrons. The van der Waals surface area contributed by atoms with E-state index >= 15 is 0 Å². The summed E-state index contributed by atoms with van der Waals surface area (Å²) >= 11 is -0.166. The molecule has 2 unspecified atom stereocenters. The fourth-order valence-electron chi connectivity index (χ4n) is 3.95. The fourth-order valence-corrected chi connectivity index (χ4v) is 6.76. The summed E-state index contributed by atoms with van der Waals surface area (Å²) in [5.74, 6) is -0.459. The van der Waals surface area contributed by atoms with E-state index in [9.17, 15) is 22.9 Å². The maximum Gasteiger partial charge on any atom is 0.333 e. The number of benzene rings is 1. The number of aromatic nitrogens is 2. The van der Waals surface area contributed by atoms with Gasteiger partial charge in [0.25, 0.3) is 0 Å². The first kappa shape index (κ1) is 25.7. The van der Waals surface area contributed by atoms with Crippen molar-refractivity contribution in [3.8, 4) is 0 Å². The van der Waals surface area contributed by atoms with Crippen LogP contribution in [0.2, 0.25) is 0 Å².